The molecular weight excluding hydrogens is 429 g/mol. The molecule has 0 saturated heterocycles. The fourth-order valence-corrected chi connectivity index (χ4v) is 3.80. The van der Waals surface area contributed by atoms with Gasteiger partial charge in [0.25, 0.3) is 0 Å². The Morgan fingerprint density at radius 2 is 1.90 bits per heavy atom. The molecule has 156 valence electrons. The molecule has 1 heterocycles. The van der Waals surface area contributed by atoms with E-state index < -0.39 is 17.8 Å². The van der Waals surface area contributed by atoms with E-state index in [1.807, 2.05) is 0 Å². The first-order valence-electron chi connectivity index (χ1n) is 8.95. The number of rotatable bonds is 4. The highest BCUT2D eigenvalue weighted by atomic mass is 35.5. The van der Waals surface area contributed by atoms with Crippen molar-refractivity contribution in [2.75, 3.05) is 17.3 Å². The van der Waals surface area contributed by atoms with E-state index in [9.17, 15) is 14.0 Å². The number of ether oxygens (including phenoxy) is 1. The van der Waals surface area contributed by atoms with Crippen LogP contribution in [-0.2, 0) is 14.3 Å². The van der Waals surface area contributed by atoms with Crippen molar-refractivity contribution in [1.82, 2.24) is 5.32 Å². The Bertz CT molecular complexity index is 1060. The minimum Gasteiger partial charge on any atom is -0.466 e. The molecule has 0 aliphatic carbocycles. The van der Waals surface area contributed by atoms with Gasteiger partial charge < -0.3 is 15.4 Å². The van der Waals surface area contributed by atoms with Crippen LogP contribution in [0.2, 0.25) is 5.02 Å². The number of nitrogens with one attached hydrogen (secondary N) is 2. The Hall–Kier alpha value is -2.97. The standard InChI is InChI=1S/C21H19ClFN3O3S/c1-11-18(20(28)29-3)19(13-4-6-14(7-5-13)24-12(2)27)25-21(30)26(11)15-8-9-17(23)16(22)10-15/h4-10,19H,1-3H3,(H,24,27)(H,25,30). The van der Waals surface area contributed by atoms with Gasteiger partial charge in [0.1, 0.15) is 5.82 Å². The molecule has 9 heteroatoms. The highest BCUT2D eigenvalue weighted by Gasteiger charge is 2.35. The van der Waals surface area contributed by atoms with Crippen LogP contribution in [-0.4, -0.2) is 24.1 Å². The molecule has 6 nitrogen and oxygen atoms in total. The molecule has 0 aromatic heterocycles. The Morgan fingerprint density at radius 1 is 1.23 bits per heavy atom. The number of methoxy groups -OCH3 is 1. The number of carbonyl (C=O) groups excluding carboxylic acids is 2. The number of allylic oxidation sites excluding steroid dienone is 1. The predicted molar refractivity (Wildman–Crippen MR) is 118 cm³/mol. The van der Waals surface area contributed by atoms with E-state index in [0.29, 0.717) is 27.8 Å². The third kappa shape index (κ3) is 4.29. The van der Waals surface area contributed by atoms with Crippen molar-refractivity contribution in [2.24, 2.45) is 0 Å². The van der Waals surface area contributed by atoms with Gasteiger partial charge >= 0.3 is 5.97 Å². The summed E-state index contributed by atoms with van der Waals surface area (Å²) in [5, 5.41) is 6.10. The number of hydrogen-bond donors (Lipinski definition) is 2. The number of benzene rings is 2. The number of thiocarbonyl (C=S) groups is 1. The Labute approximate surface area is 183 Å². The summed E-state index contributed by atoms with van der Waals surface area (Å²) in [7, 11) is 1.30. The largest absolute Gasteiger partial charge is 0.466 e. The molecule has 1 aliphatic heterocycles. The first-order chi connectivity index (χ1) is 14.2. The van der Waals surface area contributed by atoms with Crippen molar-refractivity contribution in [3.63, 3.8) is 0 Å². The smallest absolute Gasteiger partial charge is 0.337 e. The van der Waals surface area contributed by atoms with Crippen molar-refractivity contribution >= 4 is 52.2 Å². The third-order valence-corrected chi connectivity index (χ3v) is 5.21. The highest BCUT2D eigenvalue weighted by Crippen LogP contribution is 2.35. The zero-order chi connectivity index (χ0) is 22.0. The van der Waals surface area contributed by atoms with Crippen LogP contribution in [0.5, 0.6) is 0 Å². The molecule has 1 amide bonds. The fourth-order valence-electron chi connectivity index (χ4n) is 3.26. The van der Waals surface area contributed by atoms with Gasteiger partial charge in [-0.15, -0.1) is 0 Å². The summed E-state index contributed by atoms with van der Waals surface area (Å²) in [5.74, 6) is -1.26. The minimum atomic E-state index is -0.566. The molecule has 30 heavy (non-hydrogen) atoms. The van der Waals surface area contributed by atoms with Crippen LogP contribution in [0.3, 0.4) is 0 Å². The Morgan fingerprint density at radius 3 is 2.47 bits per heavy atom. The van der Waals surface area contributed by atoms with Crippen LogP contribution >= 0.6 is 23.8 Å². The van der Waals surface area contributed by atoms with E-state index in [0.717, 1.165) is 5.56 Å². The molecule has 2 aromatic rings. The summed E-state index contributed by atoms with van der Waals surface area (Å²) in [6.45, 7) is 3.15. The first-order valence-corrected chi connectivity index (χ1v) is 9.74. The van der Waals surface area contributed by atoms with Crippen molar-refractivity contribution in [1.29, 1.82) is 0 Å². The van der Waals surface area contributed by atoms with E-state index in [-0.39, 0.29) is 10.9 Å². The molecule has 0 saturated carbocycles. The number of carbonyl (C=O) groups is 2. The summed E-state index contributed by atoms with van der Waals surface area (Å²) in [5.41, 5.74) is 2.77. The average molecular weight is 448 g/mol. The molecule has 1 unspecified atom stereocenters. The second-order valence-electron chi connectivity index (χ2n) is 6.61. The molecule has 2 N–H and O–H groups in total. The first kappa shape index (κ1) is 21.7. The van der Waals surface area contributed by atoms with Crippen LogP contribution in [0.15, 0.2) is 53.7 Å². The van der Waals surface area contributed by atoms with Crippen LogP contribution in [0, 0.1) is 5.82 Å². The number of nitrogens with zero attached hydrogens (tertiary/aromatic N) is 1. The van der Waals surface area contributed by atoms with Crippen molar-refractivity contribution in [3.05, 3.63) is 70.1 Å². The normalized spacial score (nSPS) is 16.2. The molecule has 1 atom stereocenters. The second-order valence-corrected chi connectivity index (χ2v) is 7.40. The van der Waals surface area contributed by atoms with Gasteiger partial charge in [-0.25, -0.2) is 9.18 Å². The van der Waals surface area contributed by atoms with Crippen molar-refractivity contribution in [3.8, 4) is 0 Å². The minimum absolute atomic E-state index is 0.0570. The molecule has 0 fully saturated rings. The number of anilines is 2. The maximum atomic E-state index is 13.6. The maximum Gasteiger partial charge on any atom is 0.337 e. The van der Waals surface area contributed by atoms with Gasteiger partial charge in [0.15, 0.2) is 5.11 Å². The second kappa shape index (κ2) is 8.81. The van der Waals surface area contributed by atoms with E-state index in [1.165, 1.54) is 32.2 Å². The lowest BCUT2D eigenvalue weighted by atomic mass is 9.94. The van der Waals surface area contributed by atoms with Gasteiger partial charge in [-0.1, -0.05) is 23.7 Å². The monoisotopic (exact) mass is 447 g/mol. The summed E-state index contributed by atoms with van der Waals surface area (Å²) in [4.78, 5) is 25.5. The topological polar surface area (TPSA) is 70.7 Å². The lowest BCUT2D eigenvalue weighted by Gasteiger charge is -2.37. The van der Waals surface area contributed by atoms with Crippen molar-refractivity contribution < 1.29 is 18.7 Å². The molecule has 3 rings (SSSR count). The molecule has 0 bridgehead atoms. The molecule has 0 radical (unpaired) electrons. The average Bonchev–Trinajstić information content (AvgIpc) is 2.70. The summed E-state index contributed by atoms with van der Waals surface area (Å²) in [6.07, 6.45) is 0. The number of amides is 1. The van der Waals surface area contributed by atoms with E-state index in [4.69, 9.17) is 28.6 Å². The highest BCUT2D eigenvalue weighted by molar-refractivity contribution is 7.80. The predicted octanol–water partition coefficient (Wildman–Crippen LogP) is 4.32. The van der Waals surface area contributed by atoms with Gasteiger partial charge in [-0.3, -0.25) is 9.69 Å². The number of esters is 1. The summed E-state index contributed by atoms with van der Waals surface area (Å²) >= 11 is 11.5. The molecule has 1 aliphatic rings. The van der Waals surface area contributed by atoms with Gasteiger partial charge in [0, 0.05) is 24.0 Å². The van der Waals surface area contributed by atoms with Crippen molar-refractivity contribution in [2.45, 2.75) is 19.9 Å². The Kier molecular flexibility index (Phi) is 6.38. The summed E-state index contributed by atoms with van der Waals surface area (Å²) < 4.78 is 18.6. The number of hydrogen-bond acceptors (Lipinski definition) is 4. The SMILES string of the molecule is COC(=O)C1=C(C)N(c2ccc(F)c(Cl)c2)C(=S)NC1c1ccc(NC(C)=O)cc1. The zero-order valence-electron chi connectivity index (χ0n) is 16.5. The lowest BCUT2D eigenvalue weighted by Crippen LogP contribution is -2.48. The fraction of sp³-hybridized carbons (Fsp3) is 0.190. The van der Waals surface area contributed by atoms with Gasteiger partial charge in [0.2, 0.25) is 5.91 Å². The molecular formula is C21H19ClFN3O3S. The number of halogens is 2. The van der Waals surface area contributed by atoms with Gasteiger partial charge in [0.05, 0.1) is 23.7 Å². The third-order valence-electron chi connectivity index (χ3n) is 4.62. The van der Waals surface area contributed by atoms with Crippen LogP contribution in [0.1, 0.15) is 25.5 Å². The summed E-state index contributed by atoms with van der Waals surface area (Å²) in [6, 6.07) is 10.7. The maximum absolute atomic E-state index is 13.6. The molecule has 2 aromatic carbocycles. The lowest BCUT2D eigenvalue weighted by molar-refractivity contribution is -0.136. The van der Waals surface area contributed by atoms with Gasteiger partial charge in [-0.2, -0.15) is 0 Å². The van der Waals surface area contributed by atoms with E-state index >= 15 is 0 Å². The van der Waals surface area contributed by atoms with E-state index in [2.05, 4.69) is 10.6 Å². The molecule has 0 spiro atoms. The van der Waals surface area contributed by atoms with Crippen LogP contribution < -0.4 is 15.5 Å². The van der Waals surface area contributed by atoms with Crippen LogP contribution in [0.25, 0.3) is 0 Å². The van der Waals surface area contributed by atoms with E-state index in [1.54, 1.807) is 36.1 Å². The zero-order valence-corrected chi connectivity index (χ0v) is 18.0. The van der Waals surface area contributed by atoms with Crippen LogP contribution in [0.4, 0.5) is 15.8 Å². The quantitative estimate of drug-likeness (QED) is 0.537. The Balaban J connectivity index is 2.06. The van der Waals surface area contributed by atoms with Gasteiger partial charge in [-0.05, 0) is 55.0 Å².